The van der Waals surface area contributed by atoms with E-state index in [4.69, 9.17) is 0 Å². The van der Waals surface area contributed by atoms with E-state index in [0.717, 1.165) is 0 Å². The minimum Gasteiger partial charge on any atom is -0.355 e. The Kier molecular flexibility index (Phi) is 8.04. The lowest BCUT2D eigenvalue weighted by Gasteiger charge is -2.28. The summed E-state index contributed by atoms with van der Waals surface area (Å²) in [5.74, 6) is -2.15. The molecule has 6 nitrogen and oxygen atoms in total. The lowest BCUT2D eigenvalue weighted by atomic mass is 10.0. The van der Waals surface area contributed by atoms with Crippen LogP contribution in [0.1, 0.15) is 38.1 Å². The van der Waals surface area contributed by atoms with Gasteiger partial charge in [-0.05, 0) is 31.9 Å². The Labute approximate surface area is 147 Å². The maximum absolute atomic E-state index is 13.8. The van der Waals surface area contributed by atoms with Gasteiger partial charge in [-0.1, -0.05) is 26.0 Å². The molecule has 1 aromatic rings. The average molecular weight is 351 g/mol. The van der Waals surface area contributed by atoms with Crippen LogP contribution in [0.25, 0.3) is 0 Å². The molecule has 2 N–H and O–H groups in total. The molecular formula is C18H26FN3O3. The molecule has 0 spiro atoms. The predicted octanol–water partition coefficient (Wildman–Crippen LogP) is 1.56. The summed E-state index contributed by atoms with van der Waals surface area (Å²) in [6.45, 7) is 7.84. The van der Waals surface area contributed by atoms with Crippen molar-refractivity contribution < 1.29 is 18.8 Å². The van der Waals surface area contributed by atoms with Crippen LogP contribution < -0.4 is 10.6 Å². The summed E-state index contributed by atoms with van der Waals surface area (Å²) >= 11 is 0. The highest BCUT2D eigenvalue weighted by Gasteiger charge is 2.29. The van der Waals surface area contributed by atoms with Gasteiger partial charge in [0.2, 0.25) is 11.8 Å². The van der Waals surface area contributed by atoms with Crippen LogP contribution in [0.15, 0.2) is 24.3 Å². The number of hydrogen-bond donors (Lipinski definition) is 2. The molecule has 0 saturated carbocycles. The molecule has 0 fully saturated rings. The highest BCUT2D eigenvalue weighted by molar-refractivity contribution is 5.98. The fourth-order valence-electron chi connectivity index (χ4n) is 2.35. The minimum absolute atomic E-state index is 0.0814. The Morgan fingerprint density at radius 2 is 1.80 bits per heavy atom. The zero-order chi connectivity index (χ0) is 19.0. The van der Waals surface area contributed by atoms with Gasteiger partial charge in [-0.3, -0.25) is 14.4 Å². The van der Waals surface area contributed by atoms with Gasteiger partial charge >= 0.3 is 0 Å². The Morgan fingerprint density at radius 3 is 2.32 bits per heavy atom. The number of amides is 3. The van der Waals surface area contributed by atoms with Crippen molar-refractivity contribution in [2.75, 3.05) is 19.6 Å². The van der Waals surface area contributed by atoms with Crippen molar-refractivity contribution in [2.45, 2.75) is 33.7 Å². The van der Waals surface area contributed by atoms with Gasteiger partial charge in [-0.15, -0.1) is 0 Å². The first-order chi connectivity index (χ1) is 11.8. The monoisotopic (exact) mass is 351 g/mol. The lowest BCUT2D eigenvalue weighted by Crippen LogP contribution is -2.53. The van der Waals surface area contributed by atoms with E-state index in [1.165, 1.54) is 23.1 Å². The van der Waals surface area contributed by atoms with Crippen molar-refractivity contribution in [1.29, 1.82) is 0 Å². The van der Waals surface area contributed by atoms with Gasteiger partial charge in [0.1, 0.15) is 11.9 Å². The maximum atomic E-state index is 13.8. The molecule has 7 heteroatoms. The van der Waals surface area contributed by atoms with Crippen LogP contribution in [-0.2, 0) is 9.59 Å². The van der Waals surface area contributed by atoms with E-state index in [1.807, 2.05) is 0 Å². The summed E-state index contributed by atoms with van der Waals surface area (Å²) in [5, 5.41) is 5.23. The predicted molar refractivity (Wildman–Crippen MR) is 93.4 cm³/mol. The third-order valence-electron chi connectivity index (χ3n) is 3.74. The van der Waals surface area contributed by atoms with Crippen LogP contribution in [0.2, 0.25) is 0 Å². The van der Waals surface area contributed by atoms with E-state index in [9.17, 15) is 18.8 Å². The Balaban J connectivity index is 2.90. The molecule has 25 heavy (non-hydrogen) atoms. The second kappa shape index (κ2) is 9.76. The van der Waals surface area contributed by atoms with Crippen molar-refractivity contribution in [3.05, 3.63) is 35.6 Å². The van der Waals surface area contributed by atoms with Crippen LogP contribution in [0, 0.1) is 11.7 Å². The van der Waals surface area contributed by atoms with Crippen molar-refractivity contribution in [1.82, 2.24) is 15.5 Å². The number of nitrogens with one attached hydrogen (secondary N) is 2. The van der Waals surface area contributed by atoms with Gasteiger partial charge in [0.25, 0.3) is 5.91 Å². The molecule has 1 atom stereocenters. The first-order valence-corrected chi connectivity index (χ1v) is 8.42. The van der Waals surface area contributed by atoms with E-state index in [1.54, 1.807) is 33.8 Å². The van der Waals surface area contributed by atoms with Gasteiger partial charge in [-0.2, -0.15) is 0 Å². The number of likely N-dealkylation sites (N-methyl/N-ethyl adjacent to an activating group) is 2. The van der Waals surface area contributed by atoms with E-state index in [2.05, 4.69) is 10.6 Å². The minimum atomic E-state index is -0.846. The van der Waals surface area contributed by atoms with Gasteiger partial charge in [0.15, 0.2) is 0 Å². The van der Waals surface area contributed by atoms with Crippen molar-refractivity contribution >= 4 is 17.7 Å². The van der Waals surface area contributed by atoms with Gasteiger partial charge < -0.3 is 15.5 Å². The zero-order valence-electron chi connectivity index (χ0n) is 15.1. The van der Waals surface area contributed by atoms with E-state index in [-0.39, 0.29) is 29.8 Å². The zero-order valence-corrected chi connectivity index (χ0v) is 15.1. The molecule has 0 bridgehead atoms. The molecule has 138 valence electrons. The van der Waals surface area contributed by atoms with Crippen molar-refractivity contribution in [2.24, 2.45) is 5.92 Å². The molecule has 3 amide bonds. The lowest BCUT2D eigenvalue weighted by molar-refractivity contribution is -0.138. The van der Waals surface area contributed by atoms with Crippen molar-refractivity contribution in [3.8, 4) is 0 Å². The molecule has 0 aliphatic rings. The Bertz CT molecular complexity index is 619. The number of carbonyl (C=O) groups is 3. The second-order valence-corrected chi connectivity index (χ2v) is 5.98. The Morgan fingerprint density at radius 1 is 1.16 bits per heavy atom. The molecule has 0 heterocycles. The Hall–Kier alpha value is -2.44. The fourth-order valence-corrected chi connectivity index (χ4v) is 2.35. The number of hydrogen-bond acceptors (Lipinski definition) is 3. The molecule has 0 radical (unpaired) electrons. The number of halogens is 1. The number of carbonyl (C=O) groups excluding carboxylic acids is 3. The van der Waals surface area contributed by atoms with Crippen LogP contribution in [-0.4, -0.2) is 48.3 Å². The molecule has 0 aliphatic heterocycles. The third-order valence-corrected chi connectivity index (χ3v) is 3.74. The molecule has 0 saturated heterocycles. The van der Waals surface area contributed by atoms with Crippen LogP contribution in [0.5, 0.6) is 0 Å². The van der Waals surface area contributed by atoms with Gasteiger partial charge in [0, 0.05) is 13.1 Å². The number of benzene rings is 1. The van der Waals surface area contributed by atoms with Gasteiger partial charge in [-0.25, -0.2) is 4.39 Å². The first kappa shape index (κ1) is 20.6. The topological polar surface area (TPSA) is 78.5 Å². The summed E-state index contributed by atoms with van der Waals surface area (Å²) < 4.78 is 13.8. The van der Waals surface area contributed by atoms with E-state index >= 15 is 0 Å². The summed E-state index contributed by atoms with van der Waals surface area (Å²) in [5.41, 5.74) is -0.118. The molecule has 1 unspecified atom stereocenters. The second-order valence-electron chi connectivity index (χ2n) is 5.98. The number of rotatable bonds is 8. The summed E-state index contributed by atoms with van der Waals surface area (Å²) in [7, 11) is 0. The average Bonchev–Trinajstić information content (AvgIpc) is 2.57. The maximum Gasteiger partial charge on any atom is 0.254 e. The normalized spacial score (nSPS) is 11.8. The fraction of sp³-hybridized carbons (Fsp3) is 0.500. The summed E-state index contributed by atoms with van der Waals surface area (Å²) in [6, 6.07) is 4.74. The van der Waals surface area contributed by atoms with Crippen LogP contribution in [0.4, 0.5) is 4.39 Å². The van der Waals surface area contributed by atoms with E-state index < -0.39 is 17.8 Å². The first-order valence-electron chi connectivity index (χ1n) is 8.42. The van der Waals surface area contributed by atoms with Crippen molar-refractivity contribution in [3.63, 3.8) is 0 Å². The molecule has 1 rings (SSSR count). The number of nitrogens with zero attached hydrogens (tertiary/aromatic N) is 1. The molecular weight excluding hydrogens is 325 g/mol. The van der Waals surface area contributed by atoms with Crippen LogP contribution >= 0.6 is 0 Å². The quantitative estimate of drug-likeness (QED) is 0.746. The third kappa shape index (κ3) is 5.85. The summed E-state index contributed by atoms with van der Waals surface area (Å²) in [6.07, 6.45) is 0. The molecule has 0 aliphatic carbocycles. The standard InChI is InChI=1S/C18H26FN3O3/c1-5-20-15(23)11-22(6-2)18(25)16(12(3)4)21-17(24)13-9-7-8-10-14(13)19/h7-10,12,16H,5-6,11H2,1-4H3,(H,20,23)(H,21,24). The molecule has 1 aromatic carbocycles. The molecule has 0 aromatic heterocycles. The smallest absolute Gasteiger partial charge is 0.254 e. The largest absolute Gasteiger partial charge is 0.355 e. The highest BCUT2D eigenvalue weighted by atomic mass is 19.1. The van der Waals surface area contributed by atoms with Gasteiger partial charge in [0.05, 0.1) is 12.1 Å². The van der Waals surface area contributed by atoms with Crippen LogP contribution in [0.3, 0.4) is 0 Å². The van der Waals surface area contributed by atoms with E-state index in [0.29, 0.717) is 13.1 Å². The SMILES string of the molecule is CCNC(=O)CN(CC)C(=O)C(NC(=O)c1ccccc1F)C(C)C. The summed E-state index contributed by atoms with van der Waals surface area (Å²) in [4.78, 5) is 38.2. The highest BCUT2D eigenvalue weighted by Crippen LogP contribution is 2.11.